The van der Waals surface area contributed by atoms with Gasteiger partial charge in [-0.05, 0) is 50.1 Å². The van der Waals surface area contributed by atoms with Gasteiger partial charge in [-0.25, -0.2) is 0 Å². The molecule has 1 fully saturated rings. The fraction of sp³-hybridized carbons (Fsp3) is 0.333. The molecule has 1 saturated heterocycles. The lowest BCUT2D eigenvalue weighted by atomic mass is 10.1. The summed E-state index contributed by atoms with van der Waals surface area (Å²) in [4.78, 5) is 16.9. The molecule has 7 heteroatoms. The second-order valence-electron chi connectivity index (χ2n) is 6.40. The van der Waals surface area contributed by atoms with Gasteiger partial charge >= 0.3 is 0 Å². The highest BCUT2D eigenvalue weighted by Crippen LogP contribution is 2.24. The number of fused-ring (bicyclic) bond motifs is 1. The zero-order valence-electron chi connectivity index (χ0n) is 14.1. The SMILES string of the molecule is Cc1ccc(NC(=O)c2cn(C[C@@H]3CCCN3)nn2)c2cccnc12. The first-order chi connectivity index (χ1) is 12.2. The van der Waals surface area contributed by atoms with Crippen LogP contribution in [0.15, 0.2) is 36.7 Å². The van der Waals surface area contributed by atoms with Crippen LogP contribution in [0.3, 0.4) is 0 Å². The number of rotatable bonds is 4. The standard InChI is InChI=1S/C18H20N6O/c1-12-6-7-15(14-5-3-9-20-17(12)14)21-18(25)16-11-24(23-22-16)10-13-4-2-8-19-13/h3,5-7,9,11,13,19H,2,4,8,10H2,1H3,(H,21,25)/t13-/m0/s1. The Morgan fingerprint density at radius 1 is 1.40 bits per heavy atom. The van der Waals surface area contributed by atoms with Gasteiger partial charge in [0.15, 0.2) is 5.69 Å². The van der Waals surface area contributed by atoms with E-state index < -0.39 is 0 Å². The minimum atomic E-state index is -0.264. The first-order valence-electron chi connectivity index (χ1n) is 8.50. The van der Waals surface area contributed by atoms with Gasteiger partial charge in [-0.1, -0.05) is 11.3 Å². The molecular formula is C18H20N6O. The maximum atomic E-state index is 12.5. The number of aromatic nitrogens is 4. The van der Waals surface area contributed by atoms with Crippen molar-refractivity contribution in [3.05, 3.63) is 47.9 Å². The summed E-state index contributed by atoms with van der Waals surface area (Å²) in [7, 11) is 0. The smallest absolute Gasteiger partial charge is 0.277 e. The minimum Gasteiger partial charge on any atom is -0.320 e. The van der Waals surface area contributed by atoms with Gasteiger partial charge in [-0.15, -0.1) is 5.10 Å². The van der Waals surface area contributed by atoms with E-state index in [1.807, 2.05) is 31.2 Å². The molecule has 1 amide bonds. The van der Waals surface area contributed by atoms with Crippen LogP contribution < -0.4 is 10.6 Å². The number of aryl methyl sites for hydroxylation is 1. The molecule has 0 bridgehead atoms. The molecule has 3 heterocycles. The van der Waals surface area contributed by atoms with E-state index in [0.29, 0.717) is 11.7 Å². The molecule has 0 unspecified atom stereocenters. The number of carbonyl (C=O) groups is 1. The van der Waals surface area contributed by atoms with Crippen LogP contribution in [0.1, 0.15) is 28.9 Å². The zero-order valence-corrected chi connectivity index (χ0v) is 14.1. The summed E-state index contributed by atoms with van der Waals surface area (Å²) in [6.45, 7) is 3.78. The average molecular weight is 336 g/mol. The third-order valence-corrected chi connectivity index (χ3v) is 4.56. The molecule has 1 aliphatic rings. The largest absolute Gasteiger partial charge is 0.320 e. The summed E-state index contributed by atoms with van der Waals surface area (Å²) in [5.74, 6) is -0.264. The Kier molecular flexibility index (Phi) is 4.15. The topological polar surface area (TPSA) is 84.7 Å². The third kappa shape index (κ3) is 3.23. The lowest BCUT2D eigenvalue weighted by Gasteiger charge is -2.09. The molecule has 1 atom stereocenters. The summed E-state index contributed by atoms with van der Waals surface area (Å²) in [6, 6.07) is 8.07. The molecule has 1 aliphatic heterocycles. The van der Waals surface area contributed by atoms with Gasteiger partial charge < -0.3 is 10.6 Å². The molecule has 0 radical (unpaired) electrons. The monoisotopic (exact) mass is 336 g/mol. The molecular weight excluding hydrogens is 316 g/mol. The van der Waals surface area contributed by atoms with E-state index in [1.165, 1.54) is 6.42 Å². The van der Waals surface area contributed by atoms with E-state index in [2.05, 4.69) is 25.9 Å². The first kappa shape index (κ1) is 15.7. The number of carbonyl (C=O) groups excluding carboxylic acids is 1. The second kappa shape index (κ2) is 6.60. The molecule has 2 aromatic heterocycles. The Hall–Kier alpha value is -2.80. The highest BCUT2D eigenvalue weighted by molar-refractivity contribution is 6.07. The summed E-state index contributed by atoms with van der Waals surface area (Å²) >= 11 is 0. The number of pyridine rings is 1. The van der Waals surface area contributed by atoms with Crippen LogP contribution in [0.5, 0.6) is 0 Å². The van der Waals surface area contributed by atoms with E-state index in [4.69, 9.17) is 0 Å². The van der Waals surface area contributed by atoms with Crippen molar-refractivity contribution in [2.45, 2.75) is 32.4 Å². The third-order valence-electron chi connectivity index (χ3n) is 4.56. The fourth-order valence-electron chi connectivity index (χ4n) is 3.24. The summed E-state index contributed by atoms with van der Waals surface area (Å²) in [5, 5.41) is 15.3. The number of anilines is 1. The fourth-order valence-corrected chi connectivity index (χ4v) is 3.24. The highest BCUT2D eigenvalue weighted by Gasteiger charge is 2.17. The van der Waals surface area contributed by atoms with Gasteiger partial charge in [0.1, 0.15) is 0 Å². The summed E-state index contributed by atoms with van der Waals surface area (Å²) in [6.07, 6.45) is 5.76. The quantitative estimate of drug-likeness (QED) is 0.762. The Morgan fingerprint density at radius 3 is 3.16 bits per heavy atom. The van der Waals surface area contributed by atoms with Crippen molar-refractivity contribution in [3.8, 4) is 0 Å². The van der Waals surface area contributed by atoms with Crippen LogP contribution in [-0.4, -0.2) is 38.5 Å². The van der Waals surface area contributed by atoms with Crippen LogP contribution in [0.2, 0.25) is 0 Å². The van der Waals surface area contributed by atoms with Crippen molar-refractivity contribution >= 4 is 22.5 Å². The van der Waals surface area contributed by atoms with Gasteiger partial charge in [0.2, 0.25) is 0 Å². The maximum Gasteiger partial charge on any atom is 0.277 e. The van der Waals surface area contributed by atoms with Crippen LogP contribution in [0.4, 0.5) is 5.69 Å². The predicted octanol–water partition coefficient (Wildman–Crippen LogP) is 2.14. The highest BCUT2D eigenvalue weighted by atomic mass is 16.2. The first-order valence-corrected chi connectivity index (χ1v) is 8.50. The predicted molar refractivity (Wildman–Crippen MR) is 95.5 cm³/mol. The van der Waals surface area contributed by atoms with Crippen molar-refractivity contribution < 1.29 is 4.79 Å². The maximum absolute atomic E-state index is 12.5. The molecule has 128 valence electrons. The Labute approximate surface area is 145 Å². The van der Waals surface area contributed by atoms with Crippen LogP contribution in [0, 0.1) is 6.92 Å². The number of nitrogens with one attached hydrogen (secondary N) is 2. The molecule has 1 aromatic carbocycles. The molecule has 0 spiro atoms. The normalized spacial score (nSPS) is 17.1. The van der Waals surface area contributed by atoms with Crippen molar-refractivity contribution in [1.82, 2.24) is 25.3 Å². The molecule has 0 aliphatic carbocycles. The van der Waals surface area contributed by atoms with Gasteiger partial charge in [-0.3, -0.25) is 14.5 Å². The van der Waals surface area contributed by atoms with Gasteiger partial charge in [0, 0.05) is 17.6 Å². The number of nitrogens with zero attached hydrogens (tertiary/aromatic N) is 4. The molecule has 2 N–H and O–H groups in total. The van der Waals surface area contributed by atoms with Gasteiger partial charge in [0.05, 0.1) is 23.9 Å². The average Bonchev–Trinajstić information content (AvgIpc) is 3.30. The van der Waals surface area contributed by atoms with Crippen LogP contribution in [0.25, 0.3) is 10.9 Å². The number of hydrogen-bond donors (Lipinski definition) is 2. The number of benzene rings is 1. The van der Waals surface area contributed by atoms with Crippen molar-refractivity contribution in [2.24, 2.45) is 0 Å². The Bertz CT molecular complexity index is 913. The lowest BCUT2D eigenvalue weighted by Crippen LogP contribution is -2.26. The second-order valence-corrected chi connectivity index (χ2v) is 6.40. The lowest BCUT2D eigenvalue weighted by molar-refractivity contribution is 0.102. The van der Waals surface area contributed by atoms with E-state index in [0.717, 1.165) is 41.7 Å². The van der Waals surface area contributed by atoms with Crippen molar-refractivity contribution in [1.29, 1.82) is 0 Å². The van der Waals surface area contributed by atoms with Crippen LogP contribution >= 0.6 is 0 Å². The van der Waals surface area contributed by atoms with Crippen LogP contribution in [-0.2, 0) is 6.54 Å². The van der Waals surface area contributed by atoms with E-state index >= 15 is 0 Å². The van der Waals surface area contributed by atoms with Gasteiger partial charge in [-0.2, -0.15) is 0 Å². The summed E-state index contributed by atoms with van der Waals surface area (Å²) in [5.41, 5.74) is 3.00. The Morgan fingerprint density at radius 2 is 2.32 bits per heavy atom. The number of hydrogen-bond acceptors (Lipinski definition) is 5. The number of amides is 1. The molecule has 25 heavy (non-hydrogen) atoms. The zero-order chi connectivity index (χ0) is 17.2. The van der Waals surface area contributed by atoms with Gasteiger partial charge in [0.25, 0.3) is 5.91 Å². The molecule has 3 aromatic rings. The van der Waals surface area contributed by atoms with Crippen molar-refractivity contribution in [2.75, 3.05) is 11.9 Å². The molecule has 0 saturated carbocycles. The molecule has 4 rings (SSSR count). The minimum absolute atomic E-state index is 0.264. The summed E-state index contributed by atoms with van der Waals surface area (Å²) < 4.78 is 1.73. The molecule has 7 nitrogen and oxygen atoms in total. The van der Waals surface area contributed by atoms with Crippen molar-refractivity contribution in [3.63, 3.8) is 0 Å². The van der Waals surface area contributed by atoms with E-state index in [-0.39, 0.29) is 5.91 Å². The van der Waals surface area contributed by atoms with E-state index in [1.54, 1.807) is 17.1 Å². The Balaban J connectivity index is 1.52. The van der Waals surface area contributed by atoms with E-state index in [9.17, 15) is 4.79 Å².